The van der Waals surface area contributed by atoms with Gasteiger partial charge in [-0.3, -0.25) is 9.48 Å². The molecule has 3 aromatic rings. The first kappa shape index (κ1) is 19.5. The summed E-state index contributed by atoms with van der Waals surface area (Å²) in [5, 5.41) is 8.29. The molecule has 0 aliphatic heterocycles. The SMILES string of the molecule is Cc1nn(Cc2ccccc2)c(C)c1CNC(=O)CSc1ccccc1Cl. The van der Waals surface area contributed by atoms with Crippen molar-refractivity contribution < 1.29 is 4.79 Å². The second kappa shape index (κ2) is 9.11. The summed E-state index contributed by atoms with van der Waals surface area (Å²) in [5.74, 6) is 0.314. The Bertz CT molecular complexity index is 924. The molecule has 0 aliphatic carbocycles. The Morgan fingerprint density at radius 2 is 1.81 bits per heavy atom. The van der Waals surface area contributed by atoms with E-state index in [9.17, 15) is 4.79 Å². The van der Waals surface area contributed by atoms with Crippen molar-refractivity contribution in [2.75, 3.05) is 5.75 Å². The van der Waals surface area contributed by atoms with E-state index in [2.05, 4.69) is 22.5 Å². The van der Waals surface area contributed by atoms with Crippen LogP contribution in [0.4, 0.5) is 0 Å². The summed E-state index contributed by atoms with van der Waals surface area (Å²) in [5.41, 5.74) is 4.30. The third-order valence-electron chi connectivity index (χ3n) is 4.36. The number of aryl methyl sites for hydroxylation is 1. The number of hydrogen-bond acceptors (Lipinski definition) is 3. The number of aromatic nitrogens is 2. The lowest BCUT2D eigenvalue weighted by molar-refractivity contribution is -0.118. The van der Waals surface area contributed by atoms with Crippen LogP contribution >= 0.6 is 23.4 Å². The molecule has 0 bridgehead atoms. The van der Waals surface area contributed by atoms with Gasteiger partial charge >= 0.3 is 0 Å². The van der Waals surface area contributed by atoms with Gasteiger partial charge in [-0.1, -0.05) is 54.1 Å². The van der Waals surface area contributed by atoms with Gasteiger partial charge in [-0.05, 0) is 31.5 Å². The highest BCUT2D eigenvalue weighted by atomic mass is 35.5. The van der Waals surface area contributed by atoms with Gasteiger partial charge in [0.25, 0.3) is 0 Å². The number of rotatable bonds is 7. The van der Waals surface area contributed by atoms with Crippen LogP contribution in [0.5, 0.6) is 0 Å². The maximum Gasteiger partial charge on any atom is 0.230 e. The van der Waals surface area contributed by atoms with E-state index in [4.69, 9.17) is 11.6 Å². The number of nitrogens with zero attached hydrogens (tertiary/aromatic N) is 2. The molecule has 1 amide bonds. The fraction of sp³-hybridized carbons (Fsp3) is 0.238. The molecule has 0 radical (unpaired) electrons. The van der Waals surface area contributed by atoms with Gasteiger partial charge in [0.05, 0.1) is 23.0 Å². The van der Waals surface area contributed by atoms with Gasteiger partial charge in [0.1, 0.15) is 0 Å². The zero-order chi connectivity index (χ0) is 19.2. The first-order valence-corrected chi connectivity index (χ1v) is 10.1. The minimum Gasteiger partial charge on any atom is -0.351 e. The topological polar surface area (TPSA) is 46.9 Å². The molecule has 4 nitrogen and oxygen atoms in total. The van der Waals surface area contributed by atoms with Gasteiger partial charge < -0.3 is 5.32 Å². The largest absolute Gasteiger partial charge is 0.351 e. The summed E-state index contributed by atoms with van der Waals surface area (Å²) in [6.45, 7) is 5.23. The van der Waals surface area contributed by atoms with Crippen LogP contribution in [0.2, 0.25) is 5.02 Å². The van der Waals surface area contributed by atoms with Gasteiger partial charge in [-0.15, -0.1) is 11.8 Å². The molecule has 6 heteroatoms. The fourth-order valence-electron chi connectivity index (χ4n) is 2.84. The molecule has 1 heterocycles. The molecule has 0 saturated heterocycles. The van der Waals surface area contributed by atoms with Crippen LogP contribution in [-0.2, 0) is 17.9 Å². The van der Waals surface area contributed by atoms with Crippen LogP contribution in [0.25, 0.3) is 0 Å². The third-order valence-corrected chi connectivity index (χ3v) is 5.88. The molecule has 0 atom stereocenters. The average Bonchev–Trinajstić information content (AvgIpc) is 2.93. The Hall–Kier alpha value is -2.24. The summed E-state index contributed by atoms with van der Waals surface area (Å²) in [4.78, 5) is 13.1. The number of thioether (sulfide) groups is 1. The Kier molecular flexibility index (Phi) is 6.58. The Morgan fingerprint density at radius 1 is 1.11 bits per heavy atom. The average molecular weight is 400 g/mol. The summed E-state index contributed by atoms with van der Waals surface area (Å²) >= 11 is 7.57. The number of carbonyl (C=O) groups is 1. The van der Waals surface area contributed by atoms with Crippen LogP contribution in [0.3, 0.4) is 0 Å². The minimum atomic E-state index is -0.0190. The van der Waals surface area contributed by atoms with Crippen molar-refractivity contribution in [3.8, 4) is 0 Å². The predicted molar refractivity (Wildman–Crippen MR) is 111 cm³/mol. The molecule has 0 fully saturated rings. The highest BCUT2D eigenvalue weighted by molar-refractivity contribution is 8.00. The number of carbonyl (C=O) groups excluding carboxylic acids is 1. The zero-order valence-corrected chi connectivity index (χ0v) is 17.0. The maximum absolute atomic E-state index is 12.2. The van der Waals surface area contributed by atoms with Crippen molar-refractivity contribution in [3.63, 3.8) is 0 Å². The van der Waals surface area contributed by atoms with Crippen molar-refractivity contribution >= 4 is 29.3 Å². The van der Waals surface area contributed by atoms with E-state index in [1.807, 2.05) is 61.0 Å². The second-order valence-corrected chi connectivity index (χ2v) is 7.71. The molecule has 140 valence electrons. The molecule has 0 aliphatic rings. The van der Waals surface area contributed by atoms with E-state index in [0.29, 0.717) is 17.3 Å². The molecule has 0 saturated carbocycles. The van der Waals surface area contributed by atoms with Crippen molar-refractivity contribution in [2.45, 2.75) is 31.8 Å². The summed E-state index contributed by atoms with van der Waals surface area (Å²) in [6, 6.07) is 17.8. The van der Waals surface area contributed by atoms with Crippen LogP contribution in [0, 0.1) is 13.8 Å². The van der Waals surface area contributed by atoms with E-state index in [1.165, 1.54) is 17.3 Å². The highest BCUT2D eigenvalue weighted by Crippen LogP contribution is 2.26. The Balaban J connectivity index is 1.57. The van der Waals surface area contributed by atoms with Gasteiger partial charge in [-0.2, -0.15) is 5.10 Å². The molecule has 0 spiro atoms. The first-order chi connectivity index (χ1) is 13.0. The lowest BCUT2D eigenvalue weighted by Crippen LogP contribution is -2.25. The maximum atomic E-state index is 12.2. The molecular weight excluding hydrogens is 378 g/mol. The fourth-order valence-corrected chi connectivity index (χ4v) is 3.91. The van der Waals surface area contributed by atoms with Crippen molar-refractivity contribution in [2.24, 2.45) is 0 Å². The van der Waals surface area contributed by atoms with E-state index in [0.717, 1.165) is 28.4 Å². The van der Waals surface area contributed by atoms with Gasteiger partial charge in [0.2, 0.25) is 5.91 Å². The number of nitrogens with one attached hydrogen (secondary N) is 1. The molecular formula is C21H22ClN3OS. The first-order valence-electron chi connectivity index (χ1n) is 8.75. The summed E-state index contributed by atoms with van der Waals surface area (Å²) < 4.78 is 1.99. The van der Waals surface area contributed by atoms with Crippen LogP contribution in [0.15, 0.2) is 59.5 Å². The van der Waals surface area contributed by atoms with E-state index < -0.39 is 0 Å². The van der Waals surface area contributed by atoms with Crippen LogP contribution in [0.1, 0.15) is 22.5 Å². The van der Waals surface area contributed by atoms with Crippen molar-refractivity contribution in [1.82, 2.24) is 15.1 Å². The predicted octanol–water partition coefficient (Wildman–Crippen LogP) is 4.61. The van der Waals surface area contributed by atoms with E-state index in [1.54, 1.807) is 0 Å². The highest BCUT2D eigenvalue weighted by Gasteiger charge is 2.13. The summed E-state index contributed by atoms with van der Waals surface area (Å²) in [6.07, 6.45) is 0. The van der Waals surface area contributed by atoms with Gasteiger partial charge in [-0.25, -0.2) is 0 Å². The van der Waals surface area contributed by atoms with Gasteiger partial charge in [0, 0.05) is 22.7 Å². The van der Waals surface area contributed by atoms with Crippen molar-refractivity contribution in [1.29, 1.82) is 0 Å². The molecule has 27 heavy (non-hydrogen) atoms. The Labute approximate surface area is 168 Å². The number of amides is 1. The molecule has 2 aromatic carbocycles. The van der Waals surface area contributed by atoms with E-state index in [-0.39, 0.29) is 5.91 Å². The van der Waals surface area contributed by atoms with Crippen LogP contribution in [-0.4, -0.2) is 21.4 Å². The second-order valence-electron chi connectivity index (χ2n) is 6.29. The monoisotopic (exact) mass is 399 g/mol. The number of halogens is 1. The lowest BCUT2D eigenvalue weighted by Gasteiger charge is -2.08. The number of hydrogen-bond donors (Lipinski definition) is 1. The molecule has 1 aromatic heterocycles. The quantitative estimate of drug-likeness (QED) is 0.590. The molecule has 3 rings (SSSR count). The molecule has 1 N–H and O–H groups in total. The van der Waals surface area contributed by atoms with Crippen LogP contribution < -0.4 is 5.32 Å². The standard InChI is InChI=1S/C21H22ClN3OS/c1-15-18(16(2)25(24-15)13-17-8-4-3-5-9-17)12-23-21(26)14-27-20-11-7-6-10-19(20)22/h3-11H,12-14H2,1-2H3,(H,23,26). The van der Waals surface area contributed by atoms with Gasteiger partial charge in [0.15, 0.2) is 0 Å². The number of benzene rings is 2. The van der Waals surface area contributed by atoms with Crippen molar-refractivity contribution in [3.05, 3.63) is 82.1 Å². The summed E-state index contributed by atoms with van der Waals surface area (Å²) in [7, 11) is 0. The smallest absolute Gasteiger partial charge is 0.230 e. The third kappa shape index (κ3) is 5.15. The normalized spacial score (nSPS) is 10.8. The zero-order valence-electron chi connectivity index (χ0n) is 15.4. The lowest BCUT2D eigenvalue weighted by atomic mass is 10.2. The Morgan fingerprint density at radius 3 is 2.56 bits per heavy atom. The molecule has 0 unspecified atom stereocenters. The minimum absolute atomic E-state index is 0.0190. The van der Waals surface area contributed by atoms with E-state index >= 15 is 0 Å².